The number of aromatic nitrogens is 2. The normalized spacial score (nSPS) is 20.8. The summed E-state index contributed by atoms with van der Waals surface area (Å²) in [5.74, 6) is 0.0328. The van der Waals surface area contributed by atoms with Gasteiger partial charge in [0.2, 0.25) is 0 Å². The Morgan fingerprint density at radius 2 is 1.82 bits per heavy atom. The van der Waals surface area contributed by atoms with Crippen molar-refractivity contribution in [3.05, 3.63) is 77.6 Å². The van der Waals surface area contributed by atoms with Crippen LogP contribution in [-0.4, -0.2) is 46.0 Å². The zero-order valence-corrected chi connectivity index (χ0v) is 15.3. The van der Waals surface area contributed by atoms with Crippen LogP contribution in [0.25, 0.3) is 11.1 Å². The minimum Gasteiger partial charge on any atom is -0.448 e. The van der Waals surface area contributed by atoms with Gasteiger partial charge < -0.3 is 14.7 Å². The number of β-amino-alcohol motifs (C(OH)–C–C–N with tert-alkyl or cyclic N) is 1. The minimum absolute atomic E-state index is 0.0328. The molecule has 3 aromatic rings. The fourth-order valence-electron chi connectivity index (χ4n) is 4.37. The summed E-state index contributed by atoms with van der Waals surface area (Å²) in [6, 6.07) is 18.3. The first-order chi connectivity index (χ1) is 13.7. The first-order valence-corrected chi connectivity index (χ1v) is 9.48. The number of nitrogens with one attached hydrogen (secondary N) is 1. The first kappa shape index (κ1) is 17.0. The van der Waals surface area contributed by atoms with Gasteiger partial charge in [-0.05, 0) is 28.3 Å². The van der Waals surface area contributed by atoms with Gasteiger partial charge in [0, 0.05) is 25.1 Å². The second-order valence-electron chi connectivity index (χ2n) is 7.48. The lowest BCUT2D eigenvalue weighted by Crippen LogP contribution is -2.35. The molecule has 2 N–H and O–H groups in total. The highest BCUT2D eigenvalue weighted by Crippen LogP contribution is 2.44. The smallest absolute Gasteiger partial charge is 0.409 e. The van der Waals surface area contributed by atoms with E-state index in [1.54, 1.807) is 17.2 Å². The molecule has 0 spiro atoms. The van der Waals surface area contributed by atoms with Crippen LogP contribution in [-0.2, 0) is 10.3 Å². The molecule has 1 aliphatic heterocycles. The Bertz CT molecular complexity index is 972. The van der Waals surface area contributed by atoms with Gasteiger partial charge in [0.05, 0.1) is 12.2 Å². The highest BCUT2D eigenvalue weighted by atomic mass is 16.6. The second kappa shape index (κ2) is 6.49. The lowest BCUT2D eigenvalue weighted by atomic mass is 9.98. The minimum atomic E-state index is -1.10. The maximum Gasteiger partial charge on any atom is 0.409 e. The van der Waals surface area contributed by atoms with Gasteiger partial charge in [0.15, 0.2) is 0 Å². The molecule has 2 aromatic carbocycles. The second-order valence-corrected chi connectivity index (χ2v) is 7.48. The topological polar surface area (TPSA) is 78.4 Å². The Morgan fingerprint density at radius 3 is 2.46 bits per heavy atom. The number of carbonyl (C=O) groups is 1. The maximum absolute atomic E-state index is 12.7. The molecule has 0 bridgehead atoms. The predicted octanol–water partition coefficient (Wildman–Crippen LogP) is 3.25. The van der Waals surface area contributed by atoms with Crippen molar-refractivity contribution in [3.8, 4) is 11.1 Å². The zero-order chi connectivity index (χ0) is 19.1. The summed E-state index contributed by atoms with van der Waals surface area (Å²) in [4.78, 5) is 14.2. The monoisotopic (exact) mass is 375 g/mol. The molecule has 0 saturated carbocycles. The SMILES string of the molecule is O=C(OCC1c2ccccc2-c2ccccc21)N1CCC(O)(c2ccn[nH]2)C1. The van der Waals surface area contributed by atoms with Crippen LogP contribution in [0.2, 0.25) is 0 Å². The molecule has 1 unspecified atom stereocenters. The molecule has 6 heteroatoms. The van der Waals surface area contributed by atoms with Crippen LogP contribution in [0.15, 0.2) is 60.8 Å². The summed E-state index contributed by atoms with van der Waals surface area (Å²) < 4.78 is 5.68. The van der Waals surface area contributed by atoms with Crippen LogP contribution < -0.4 is 0 Å². The molecule has 1 saturated heterocycles. The number of likely N-dealkylation sites (tertiary alicyclic amines) is 1. The molecule has 5 rings (SSSR count). The number of H-pyrrole nitrogens is 1. The molecule has 2 heterocycles. The highest BCUT2D eigenvalue weighted by Gasteiger charge is 2.41. The number of ether oxygens (including phenoxy) is 1. The third kappa shape index (κ3) is 2.68. The van der Waals surface area contributed by atoms with E-state index in [9.17, 15) is 9.90 Å². The Kier molecular flexibility index (Phi) is 3.94. The van der Waals surface area contributed by atoms with E-state index in [1.165, 1.54) is 22.3 Å². The van der Waals surface area contributed by atoms with Crippen LogP contribution >= 0.6 is 0 Å². The van der Waals surface area contributed by atoms with Gasteiger partial charge >= 0.3 is 6.09 Å². The van der Waals surface area contributed by atoms with Gasteiger partial charge in [-0.2, -0.15) is 5.10 Å². The maximum atomic E-state index is 12.7. The third-order valence-electron chi connectivity index (χ3n) is 5.84. The summed E-state index contributed by atoms with van der Waals surface area (Å²) in [6.07, 6.45) is 1.67. The van der Waals surface area contributed by atoms with Gasteiger partial charge in [-0.3, -0.25) is 5.10 Å². The molecular weight excluding hydrogens is 354 g/mol. The molecule has 28 heavy (non-hydrogen) atoms. The van der Waals surface area contributed by atoms with Crippen molar-refractivity contribution >= 4 is 6.09 Å². The molecule has 1 fully saturated rings. The number of amides is 1. The standard InChI is InChI=1S/C22H21N3O3/c26-21(25-12-10-22(27,14-25)20-9-11-23-24-20)28-13-19-17-7-3-1-5-15(17)16-6-2-4-8-18(16)19/h1-9,11,19,27H,10,12-14H2,(H,23,24). The molecule has 1 atom stereocenters. The van der Waals surface area contributed by atoms with E-state index in [4.69, 9.17) is 4.74 Å². The van der Waals surface area contributed by atoms with Gasteiger partial charge in [-0.25, -0.2) is 4.79 Å². The quantitative estimate of drug-likeness (QED) is 0.737. The number of rotatable bonds is 3. The van der Waals surface area contributed by atoms with E-state index >= 15 is 0 Å². The Balaban J connectivity index is 1.30. The van der Waals surface area contributed by atoms with Crippen LogP contribution in [0.4, 0.5) is 4.79 Å². The fraction of sp³-hybridized carbons (Fsp3) is 0.273. The average molecular weight is 375 g/mol. The number of hydrogen-bond acceptors (Lipinski definition) is 4. The first-order valence-electron chi connectivity index (χ1n) is 9.48. The van der Waals surface area contributed by atoms with E-state index in [1.807, 2.05) is 24.3 Å². The lowest BCUT2D eigenvalue weighted by Gasteiger charge is -2.22. The van der Waals surface area contributed by atoms with E-state index in [0.717, 1.165) is 0 Å². The van der Waals surface area contributed by atoms with Gasteiger partial charge in [0.25, 0.3) is 0 Å². The van der Waals surface area contributed by atoms with Crippen molar-refractivity contribution in [2.45, 2.75) is 17.9 Å². The summed E-state index contributed by atoms with van der Waals surface area (Å²) in [7, 11) is 0. The summed E-state index contributed by atoms with van der Waals surface area (Å²) >= 11 is 0. The van der Waals surface area contributed by atoms with Crippen LogP contribution in [0.1, 0.15) is 29.2 Å². The van der Waals surface area contributed by atoms with Crippen molar-refractivity contribution in [2.75, 3.05) is 19.7 Å². The van der Waals surface area contributed by atoms with Gasteiger partial charge in [-0.15, -0.1) is 0 Å². The van der Waals surface area contributed by atoms with Crippen molar-refractivity contribution in [1.82, 2.24) is 15.1 Å². The number of hydrogen-bond donors (Lipinski definition) is 2. The lowest BCUT2D eigenvalue weighted by molar-refractivity contribution is 0.0376. The Hall–Kier alpha value is -3.12. The van der Waals surface area contributed by atoms with Crippen LogP contribution in [0, 0.1) is 0 Å². The van der Waals surface area contributed by atoms with Gasteiger partial charge in [0.1, 0.15) is 12.2 Å². The third-order valence-corrected chi connectivity index (χ3v) is 5.84. The van der Waals surface area contributed by atoms with Gasteiger partial charge in [-0.1, -0.05) is 48.5 Å². The number of nitrogens with zero attached hydrogens (tertiary/aromatic N) is 2. The number of aromatic amines is 1. The number of benzene rings is 2. The molecule has 142 valence electrons. The fourth-order valence-corrected chi connectivity index (χ4v) is 4.37. The summed E-state index contributed by atoms with van der Waals surface area (Å²) in [6.45, 7) is 0.934. The molecule has 1 aromatic heterocycles. The molecule has 1 aliphatic carbocycles. The summed E-state index contributed by atoms with van der Waals surface area (Å²) in [5, 5.41) is 17.5. The molecule has 6 nitrogen and oxygen atoms in total. The largest absolute Gasteiger partial charge is 0.448 e. The van der Waals surface area contributed by atoms with Crippen molar-refractivity contribution in [3.63, 3.8) is 0 Å². The van der Waals surface area contributed by atoms with Crippen molar-refractivity contribution in [2.24, 2.45) is 0 Å². The van der Waals surface area contributed by atoms with E-state index in [2.05, 4.69) is 34.5 Å². The van der Waals surface area contributed by atoms with Crippen LogP contribution in [0.3, 0.4) is 0 Å². The summed E-state index contributed by atoms with van der Waals surface area (Å²) in [5.41, 5.74) is 4.31. The van der Waals surface area contributed by atoms with E-state index in [-0.39, 0.29) is 19.1 Å². The van der Waals surface area contributed by atoms with E-state index < -0.39 is 11.7 Å². The molecule has 2 aliphatic rings. The molecular formula is C22H21N3O3. The number of carbonyl (C=O) groups excluding carboxylic acids is 1. The van der Waals surface area contributed by atoms with Crippen molar-refractivity contribution < 1.29 is 14.6 Å². The zero-order valence-electron chi connectivity index (χ0n) is 15.3. The van der Waals surface area contributed by atoms with E-state index in [0.29, 0.717) is 18.7 Å². The average Bonchev–Trinajstić information content (AvgIpc) is 3.45. The van der Waals surface area contributed by atoms with Crippen LogP contribution in [0.5, 0.6) is 0 Å². The Morgan fingerprint density at radius 1 is 1.14 bits per heavy atom. The molecule has 1 amide bonds. The van der Waals surface area contributed by atoms with Crippen molar-refractivity contribution in [1.29, 1.82) is 0 Å². The molecule has 0 radical (unpaired) electrons. The number of aliphatic hydroxyl groups is 1. The Labute approximate surface area is 162 Å². The predicted molar refractivity (Wildman–Crippen MR) is 104 cm³/mol. The highest BCUT2D eigenvalue weighted by molar-refractivity contribution is 5.79. The number of fused-ring (bicyclic) bond motifs is 3.